The molecular weight excluding hydrogens is 168 g/mol. The van der Waals surface area contributed by atoms with Crippen LogP contribution in [-0.2, 0) is 17.4 Å². The van der Waals surface area contributed by atoms with Crippen molar-refractivity contribution >= 4 is 0 Å². The fourth-order valence-corrected chi connectivity index (χ4v) is 1.25. The Balaban J connectivity index is 2.74. The van der Waals surface area contributed by atoms with Gasteiger partial charge in [-0.05, 0) is 13.8 Å². The Morgan fingerprint density at radius 3 is 2.85 bits per heavy atom. The average Bonchev–Trinajstić information content (AvgIpc) is 2.48. The lowest BCUT2D eigenvalue weighted by molar-refractivity contribution is -0.0418. The number of ether oxygens (including phenoxy) is 1. The van der Waals surface area contributed by atoms with E-state index in [0.717, 1.165) is 0 Å². The molecule has 0 aromatic carbocycles. The molecule has 0 fully saturated rings. The molecule has 0 saturated carbocycles. The summed E-state index contributed by atoms with van der Waals surface area (Å²) in [5, 5.41) is 9.98. The molecule has 0 aliphatic heterocycles. The third-order valence-electron chi connectivity index (χ3n) is 1.89. The van der Waals surface area contributed by atoms with Gasteiger partial charge in [0.25, 0.3) is 0 Å². The van der Waals surface area contributed by atoms with E-state index in [0.29, 0.717) is 12.4 Å². The third kappa shape index (κ3) is 2.29. The molecule has 1 aromatic rings. The zero-order valence-electron chi connectivity index (χ0n) is 8.32. The summed E-state index contributed by atoms with van der Waals surface area (Å²) in [5.41, 5.74) is -1.01. The Labute approximate surface area is 78.2 Å². The van der Waals surface area contributed by atoms with E-state index in [4.69, 9.17) is 4.74 Å². The van der Waals surface area contributed by atoms with E-state index in [2.05, 4.69) is 4.98 Å². The standard InChI is InChI=1S/C9H16N2O2/c1-4-13-7-9(2,12)8-10-5-6-11(8)3/h5-6,12H,4,7H2,1-3H3. The zero-order valence-corrected chi connectivity index (χ0v) is 8.32. The molecule has 1 aromatic heterocycles. The summed E-state index contributed by atoms with van der Waals surface area (Å²) in [5.74, 6) is 0.626. The van der Waals surface area contributed by atoms with Crippen molar-refractivity contribution in [2.45, 2.75) is 19.4 Å². The van der Waals surface area contributed by atoms with Gasteiger partial charge in [0.1, 0.15) is 11.4 Å². The van der Waals surface area contributed by atoms with E-state index in [1.165, 1.54) is 0 Å². The van der Waals surface area contributed by atoms with Gasteiger partial charge in [0, 0.05) is 26.0 Å². The molecule has 1 unspecified atom stereocenters. The van der Waals surface area contributed by atoms with E-state index in [9.17, 15) is 5.11 Å². The Kier molecular flexibility index (Phi) is 3.06. The van der Waals surface area contributed by atoms with Crippen molar-refractivity contribution in [3.8, 4) is 0 Å². The van der Waals surface area contributed by atoms with E-state index >= 15 is 0 Å². The quantitative estimate of drug-likeness (QED) is 0.748. The van der Waals surface area contributed by atoms with Gasteiger partial charge < -0.3 is 14.4 Å². The summed E-state index contributed by atoms with van der Waals surface area (Å²) >= 11 is 0. The smallest absolute Gasteiger partial charge is 0.143 e. The molecule has 4 heteroatoms. The minimum Gasteiger partial charge on any atom is -0.380 e. The summed E-state index contributed by atoms with van der Waals surface area (Å²) in [6.07, 6.45) is 3.46. The number of aryl methyl sites for hydroxylation is 1. The lowest BCUT2D eigenvalue weighted by Gasteiger charge is -2.22. The van der Waals surface area contributed by atoms with Crippen LogP contribution in [0.1, 0.15) is 19.7 Å². The Hall–Kier alpha value is -0.870. The van der Waals surface area contributed by atoms with Crippen LogP contribution in [0, 0.1) is 0 Å². The zero-order chi connectivity index (χ0) is 9.90. The highest BCUT2D eigenvalue weighted by Crippen LogP contribution is 2.17. The maximum Gasteiger partial charge on any atom is 0.143 e. The lowest BCUT2D eigenvalue weighted by atomic mass is 10.1. The molecule has 4 nitrogen and oxygen atoms in total. The second-order valence-electron chi connectivity index (χ2n) is 3.27. The summed E-state index contributed by atoms with van der Waals surface area (Å²) in [4.78, 5) is 4.07. The molecule has 0 aliphatic carbocycles. The van der Waals surface area contributed by atoms with Crippen molar-refractivity contribution in [3.63, 3.8) is 0 Å². The SMILES string of the molecule is CCOCC(C)(O)c1nccn1C. The molecule has 1 atom stereocenters. The molecule has 1 heterocycles. The molecule has 0 spiro atoms. The van der Waals surface area contributed by atoms with Crippen molar-refractivity contribution in [2.24, 2.45) is 7.05 Å². The molecule has 1 rings (SSSR count). The van der Waals surface area contributed by atoms with Crippen LogP contribution in [0.25, 0.3) is 0 Å². The molecular formula is C9H16N2O2. The molecule has 1 N–H and O–H groups in total. The predicted octanol–water partition coefficient (Wildman–Crippen LogP) is 0.664. The van der Waals surface area contributed by atoms with Crippen LogP contribution in [-0.4, -0.2) is 27.9 Å². The fraction of sp³-hybridized carbons (Fsp3) is 0.667. The van der Waals surface area contributed by atoms with Gasteiger partial charge in [-0.1, -0.05) is 0 Å². The van der Waals surface area contributed by atoms with Gasteiger partial charge in [-0.15, -0.1) is 0 Å². The maximum atomic E-state index is 9.98. The first-order valence-electron chi connectivity index (χ1n) is 4.36. The molecule has 13 heavy (non-hydrogen) atoms. The van der Waals surface area contributed by atoms with E-state index < -0.39 is 5.60 Å². The highest BCUT2D eigenvalue weighted by Gasteiger charge is 2.27. The highest BCUT2D eigenvalue weighted by atomic mass is 16.5. The van der Waals surface area contributed by atoms with E-state index in [1.807, 2.05) is 14.0 Å². The molecule has 0 bridgehead atoms. The summed E-state index contributed by atoms with van der Waals surface area (Å²) in [6.45, 7) is 4.47. The molecule has 0 radical (unpaired) electrons. The topological polar surface area (TPSA) is 47.3 Å². The maximum absolute atomic E-state index is 9.98. The van der Waals surface area contributed by atoms with E-state index in [-0.39, 0.29) is 6.61 Å². The highest BCUT2D eigenvalue weighted by molar-refractivity contribution is 5.02. The van der Waals surface area contributed by atoms with Crippen molar-refractivity contribution in [1.29, 1.82) is 0 Å². The predicted molar refractivity (Wildman–Crippen MR) is 49.3 cm³/mol. The number of hydrogen-bond acceptors (Lipinski definition) is 3. The van der Waals surface area contributed by atoms with Crippen LogP contribution in [0.4, 0.5) is 0 Å². The molecule has 0 aliphatic rings. The van der Waals surface area contributed by atoms with Crippen LogP contribution in [0.2, 0.25) is 0 Å². The summed E-state index contributed by atoms with van der Waals surface area (Å²) < 4.78 is 6.96. The Bertz CT molecular complexity index is 268. The van der Waals surface area contributed by atoms with Crippen LogP contribution in [0.15, 0.2) is 12.4 Å². The normalized spacial score (nSPS) is 15.7. The Morgan fingerprint density at radius 1 is 1.69 bits per heavy atom. The lowest BCUT2D eigenvalue weighted by Crippen LogP contribution is -2.31. The van der Waals surface area contributed by atoms with Crippen molar-refractivity contribution in [3.05, 3.63) is 18.2 Å². The van der Waals surface area contributed by atoms with Gasteiger partial charge >= 0.3 is 0 Å². The van der Waals surface area contributed by atoms with Crippen LogP contribution in [0.5, 0.6) is 0 Å². The average molecular weight is 184 g/mol. The number of hydrogen-bond donors (Lipinski definition) is 1. The van der Waals surface area contributed by atoms with E-state index in [1.54, 1.807) is 23.9 Å². The second kappa shape index (κ2) is 3.89. The van der Waals surface area contributed by atoms with Crippen LogP contribution >= 0.6 is 0 Å². The minimum absolute atomic E-state index is 0.272. The Morgan fingerprint density at radius 2 is 2.38 bits per heavy atom. The van der Waals surface area contributed by atoms with Crippen molar-refractivity contribution in [2.75, 3.05) is 13.2 Å². The van der Waals surface area contributed by atoms with Gasteiger partial charge in [-0.2, -0.15) is 0 Å². The largest absolute Gasteiger partial charge is 0.380 e. The first-order chi connectivity index (χ1) is 6.08. The number of aromatic nitrogens is 2. The molecule has 0 saturated heterocycles. The second-order valence-corrected chi connectivity index (χ2v) is 3.27. The van der Waals surface area contributed by atoms with Gasteiger partial charge in [-0.25, -0.2) is 4.98 Å². The van der Waals surface area contributed by atoms with Crippen molar-refractivity contribution < 1.29 is 9.84 Å². The monoisotopic (exact) mass is 184 g/mol. The van der Waals surface area contributed by atoms with Crippen molar-refractivity contribution in [1.82, 2.24) is 9.55 Å². The summed E-state index contributed by atoms with van der Waals surface area (Å²) in [6, 6.07) is 0. The molecule has 0 amide bonds. The number of rotatable bonds is 4. The molecule has 74 valence electrons. The van der Waals surface area contributed by atoms with Crippen LogP contribution in [0.3, 0.4) is 0 Å². The van der Waals surface area contributed by atoms with Crippen LogP contribution < -0.4 is 0 Å². The van der Waals surface area contributed by atoms with Gasteiger partial charge in [0.2, 0.25) is 0 Å². The fourth-order valence-electron chi connectivity index (χ4n) is 1.25. The first-order valence-corrected chi connectivity index (χ1v) is 4.36. The third-order valence-corrected chi connectivity index (χ3v) is 1.89. The van der Waals surface area contributed by atoms with Gasteiger partial charge in [0.15, 0.2) is 0 Å². The van der Waals surface area contributed by atoms with Gasteiger partial charge in [0.05, 0.1) is 6.61 Å². The number of imidazole rings is 1. The minimum atomic E-state index is -1.01. The summed E-state index contributed by atoms with van der Waals surface area (Å²) in [7, 11) is 1.85. The number of aliphatic hydroxyl groups is 1. The van der Waals surface area contributed by atoms with Gasteiger partial charge in [-0.3, -0.25) is 0 Å². The number of nitrogens with zero attached hydrogens (tertiary/aromatic N) is 2. The first kappa shape index (κ1) is 10.2.